The highest BCUT2D eigenvalue weighted by molar-refractivity contribution is 6.05. The Morgan fingerprint density at radius 3 is 2.19 bits per heavy atom. The van der Waals surface area contributed by atoms with E-state index in [1.165, 1.54) is 32.4 Å². The first-order valence-corrected chi connectivity index (χ1v) is 10.6. The average molecular weight is 510 g/mol. The fourth-order valence-corrected chi connectivity index (χ4v) is 3.35. The molecule has 4 N–H and O–H groups in total. The highest BCUT2D eigenvalue weighted by Crippen LogP contribution is 2.38. The predicted octanol–water partition coefficient (Wildman–Crippen LogP) is 5.38. The van der Waals surface area contributed by atoms with Crippen molar-refractivity contribution in [3.05, 3.63) is 72.4 Å². The van der Waals surface area contributed by atoms with Crippen LogP contribution in [0.5, 0.6) is 28.7 Å². The maximum absolute atomic E-state index is 13.7. The molecule has 1 heterocycles. The summed E-state index contributed by atoms with van der Waals surface area (Å²) in [7, 11) is 3.02. The molecule has 0 atom stereocenters. The van der Waals surface area contributed by atoms with Crippen LogP contribution in [0.2, 0.25) is 0 Å². The maximum Gasteiger partial charge on any atom is 0.327 e. The molecule has 190 valence electrons. The number of benzene rings is 3. The third-order valence-electron chi connectivity index (χ3n) is 5.06. The number of pyridine rings is 1. The van der Waals surface area contributed by atoms with E-state index in [2.05, 4.69) is 15.6 Å². The van der Waals surface area contributed by atoms with Crippen molar-refractivity contribution in [2.45, 2.75) is 0 Å². The first kappa shape index (κ1) is 25.0. The molecule has 4 aromatic rings. The van der Waals surface area contributed by atoms with E-state index in [4.69, 9.17) is 14.2 Å². The molecule has 4 amide bonds. The fourth-order valence-electron chi connectivity index (χ4n) is 3.35. The third-order valence-corrected chi connectivity index (χ3v) is 5.06. The fraction of sp³-hybridized carbons (Fsp3) is 0.0800. The van der Waals surface area contributed by atoms with Crippen molar-refractivity contribution < 1.29 is 37.7 Å². The van der Waals surface area contributed by atoms with Crippen LogP contribution in [-0.4, -0.2) is 36.4 Å². The number of urea groups is 2. The number of fused-ring (bicyclic) bond motifs is 1. The van der Waals surface area contributed by atoms with Gasteiger partial charge in [-0.1, -0.05) is 0 Å². The summed E-state index contributed by atoms with van der Waals surface area (Å²) in [5.41, 5.74) is 0.237. The Bertz CT molecular complexity index is 1500. The summed E-state index contributed by atoms with van der Waals surface area (Å²) in [6, 6.07) is 9.59. The molecule has 10 nitrogen and oxygen atoms in total. The molecule has 0 fully saturated rings. The topological polar surface area (TPSA) is 131 Å². The van der Waals surface area contributed by atoms with Gasteiger partial charge >= 0.3 is 12.1 Å². The number of carbonyl (C=O) groups excluding carboxylic acids is 2. The minimum atomic E-state index is -1.07. The number of hydrogen-bond acceptors (Lipinski definition) is 7. The van der Waals surface area contributed by atoms with Crippen molar-refractivity contribution in [2.75, 3.05) is 24.9 Å². The van der Waals surface area contributed by atoms with Crippen LogP contribution in [0.15, 0.2) is 60.8 Å². The molecule has 0 spiro atoms. The lowest BCUT2D eigenvalue weighted by Crippen LogP contribution is -2.37. The number of hydrogen-bond donors (Lipinski definition) is 4. The number of methoxy groups -OCH3 is 2. The Labute approximate surface area is 208 Å². The second kappa shape index (κ2) is 10.6. The van der Waals surface area contributed by atoms with E-state index in [0.29, 0.717) is 34.2 Å². The SMILES string of the molecule is COc1cc2nccc(Oc3ccc(NC(=O)NC(=O)Nc4ccc(F)cc4F)c(O)c3)c2cc1OC. The van der Waals surface area contributed by atoms with Gasteiger partial charge in [0.25, 0.3) is 0 Å². The standard InChI is InChI=1S/C25H20F2N4O6/c1-35-22-11-15-19(12-23(22)36-2)28-8-7-21(15)37-14-4-6-18(20(32)10-14)30-25(34)31-24(33)29-17-5-3-13(26)9-16(17)27/h3-12,32H,1-2H3,(H3,29,30,31,33,34). The zero-order chi connectivity index (χ0) is 26.5. The van der Waals surface area contributed by atoms with Gasteiger partial charge in [0.1, 0.15) is 28.9 Å². The second-order valence-electron chi connectivity index (χ2n) is 7.47. The smallest absolute Gasteiger partial charge is 0.327 e. The van der Waals surface area contributed by atoms with Crippen molar-refractivity contribution in [1.29, 1.82) is 0 Å². The number of nitrogens with one attached hydrogen (secondary N) is 3. The van der Waals surface area contributed by atoms with Crippen LogP contribution >= 0.6 is 0 Å². The maximum atomic E-state index is 13.7. The van der Waals surface area contributed by atoms with Gasteiger partial charge in [0.05, 0.1) is 31.1 Å². The zero-order valence-corrected chi connectivity index (χ0v) is 19.5. The molecule has 0 radical (unpaired) electrons. The molecule has 37 heavy (non-hydrogen) atoms. The molecule has 0 aliphatic carbocycles. The first-order chi connectivity index (χ1) is 17.8. The quantitative estimate of drug-likeness (QED) is 0.256. The number of phenolic OH excluding ortho intramolecular Hbond substituents is 1. The molecule has 3 aromatic carbocycles. The van der Waals surface area contributed by atoms with Crippen molar-refractivity contribution in [1.82, 2.24) is 10.3 Å². The number of nitrogens with zero attached hydrogens (tertiary/aromatic N) is 1. The molecule has 0 saturated heterocycles. The average Bonchev–Trinajstić information content (AvgIpc) is 2.86. The van der Waals surface area contributed by atoms with E-state index in [1.807, 2.05) is 5.32 Å². The largest absolute Gasteiger partial charge is 0.506 e. The van der Waals surface area contributed by atoms with Crippen molar-refractivity contribution in [3.8, 4) is 28.7 Å². The molecule has 0 aliphatic rings. The van der Waals surface area contributed by atoms with Gasteiger partial charge in [0.2, 0.25) is 0 Å². The molecule has 1 aromatic heterocycles. The van der Waals surface area contributed by atoms with Crippen LogP contribution < -0.4 is 30.2 Å². The van der Waals surface area contributed by atoms with Gasteiger partial charge in [-0.2, -0.15) is 0 Å². The Balaban J connectivity index is 1.44. The molecule has 0 unspecified atom stereocenters. The minimum absolute atomic E-state index is 0.0309. The Morgan fingerprint density at radius 2 is 1.51 bits per heavy atom. The lowest BCUT2D eigenvalue weighted by molar-refractivity contribution is 0.240. The number of ether oxygens (including phenoxy) is 3. The molecule has 0 saturated carbocycles. The minimum Gasteiger partial charge on any atom is -0.506 e. The number of phenols is 1. The van der Waals surface area contributed by atoms with E-state index in [9.17, 15) is 23.5 Å². The van der Waals surface area contributed by atoms with Crippen LogP contribution in [0.25, 0.3) is 10.9 Å². The van der Waals surface area contributed by atoms with Crippen molar-refractivity contribution >= 4 is 34.3 Å². The van der Waals surface area contributed by atoms with Gasteiger partial charge in [0, 0.05) is 29.8 Å². The third kappa shape index (κ3) is 5.75. The lowest BCUT2D eigenvalue weighted by Gasteiger charge is -2.13. The lowest BCUT2D eigenvalue weighted by atomic mass is 10.2. The number of aromatic hydroxyl groups is 1. The zero-order valence-electron chi connectivity index (χ0n) is 19.5. The Morgan fingerprint density at radius 1 is 0.838 bits per heavy atom. The van der Waals surface area contributed by atoms with E-state index >= 15 is 0 Å². The van der Waals surface area contributed by atoms with Gasteiger partial charge < -0.3 is 30.0 Å². The normalized spacial score (nSPS) is 10.5. The van der Waals surface area contributed by atoms with E-state index in [1.54, 1.807) is 24.4 Å². The molecular weight excluding hydrogens is 490 g/mol. The van der Waals surface area contributed by atoms with Gasteiger partial charge in [-0.25, -0.2) is 18.4 Å². The number of rotatable bonds is 6. The predicted molar refractivity (Wildman–Crippen MR) is 131 cm³/mol. The number of aromatic nitrogens is 1. The molecular formula is C25H20F2N4O6. The second-order valence-corrected chi connectivity index (χ2v) is 7.47. The van der Waals surface area contributed by atoms with Gasteiger partial charge in [-0.15, -0.1) is 0 Å². The monoisotopic (exact) mass is 510 g/mol. The van der Waals surface area contributed by atoms with Crippen LogP contribution in [0, 0.1) is 11.6 Å². The van der Waals surface area contributed by atoms with E-state index in [0.717, 1.165) is 12.1 Å². The van der Waals surface area contributed by atoms with E-state index in [-0.39, 0.29) is 22.9 Å². The number of carbonyl (C=O) groups is 2. The van der Waals surface area contributed by atoms with Crippen LogP contribution in [0.4, 0.5) is 29.7 Å². The first-order valence-electron chi connectivity index (χ1n) is 10.6. The highest BCUT2D eigenvalue weighted by atomic mass is 19.1. The Hall–Kier alpha value is -5.13. The molecule has 12 heteroatoms. The Kier molecular flexibility index (Phi) is 7.19. The summed E-state index contributed by atoms with van der Waals surface area (Å²) < 4.78 is 43.2. The van der Waals surface area contributed by atoms with Gasteiger partial charge in [0.15, 0.2) is 11.5 Å². The highest BCUT2D eigenvalue weighted by Gasteiger charge is 2.15. The summed E-state index contributed by atoms with van der Waals surface area (Å²) in [6.45, 7) is 0. The van der Waals surface area contributed by atoms with Crippen molar-refractivity contribution in [2.24, 2.45) is 0 Å². The molecule has 0 bridgehead atoms. The number of amides is 4. The summed E-state index contributed by atoms with van der Waals surface area (Å²) in [5.74, 6) is -0.529. The van der Waals surface area contributed by atoms with Crippen LogP contribution in [-0.2, 0) is 0 Å². The summed E-state index contributed by atoms with van der Waals surface area (Å²) in [5, 5.41) is 17.3. The van der Waals surface area contributed by atoms with Gasteiger partial charge in [-0.3, -0.25) is 10.3 Å². The molecule has 4 rings (SSSR count). The summed E-state index contributed by atoms with van der Waals surface area (Å²) in [4.78, 5) is 28.4. The van der Waals surface area contributed by atoms with Gasteiger partial charge in [-0.05, 0) is 36.4 Å². The molecule has 0 aliphatic heterocycles. The van der Waals surface area contributed by atoms with Crippen LogP contribution in [0.3, 0.4) is 0 Å². The van der Waals surface area contributed by atoms with Crippen LogP contribution in [0.1, 0.15) is 0 Å². The van der Waals surface area contributed by atoms with E-state index < -0.39 is 23.7 Å². The number of halogens is 2. The number of anilines is 2. The van der Waals surface area contributed by atoms with Crippen molar-refractivity contribution in [3.63, 3.8) is 0 Å². The summed E-state index contributed by atoms with van der Waals surface area (Å²) in [6.07, 6.45) is 1.55. The number of imide groups is 1. The summed E-state index contributed by atoms with van der Waals surface area (Å²) >= 11 is 0.